The van der Waals surface area contributed by atoms with E-state index in [0.717, 1.165) is 16.5 Å². The molecule has 8 nitrogen and oxygen atoms in total. The smallest absolute Gasteiger partial charge is 0.334 e. The van der Waals surface area contributed by atoms with Gasteiger partial charge in [0, 0.05) is 11.8 Å². The first-order chi connectivity index (χ1) is 13.1. The van der Waals surface area contributed by atoms with Gasteiger partial charge in [0.15, 0.2) is 0 Å². The van der Waals surface area contributed by atoms with Gasteiger partial charge in [0.25, 0.3) is 0 Å². The van der Waals surface area contributed by atoms with Gasteiger partial charge in [-0.3, -0.25) is 4.57 Å². The van der Waals surface area contributed by atoms with E-state index in [9.17, 15) is 4.57 Å². The fourth-order valence-electron chi connectivity index (χ4n) is 2.80. The molecule has 9 heteroatoms. The van der Waals surface area contributed by atoms with Crippen molar-refractivity contribution < 1.29 is 18.3 Å². The molecule has 2 heterocycles. The second-order valence-corrected chi connectivity index (χ2v) is 7.92. The number of benzene rings is 1. The zero-order valence-corrected chi connectivity index (χ0v) is 16.2. The molecule has 0 saturated carbocycles. The molecule has 144 valence electrons. The van der Waals surface area contributed by atoms with Crippen molar-refractivity contribution in [3.63, 3.8) is 0 Å². The minimum atomic E-state index is -3.12. The number of nitrogens with one attached hydrogen (secondary N) is 1. The minimum absolute atomic E-state index is 0.187. The highest BCUT2D eigenvalue weighted by Crippen LogP contribution is 2.47. The maximum absolute atomic E-state index is 12.5. The normalized spacial score (nSPS) is 11.8. The number of anilines is 1. The molecule has 1 aromatic carbocycles. The number of hydrogen-bond acceptors (Lipinski definition) is 7. The van der Waals surface area contributed by atoms with Crippen molar-refractivity contribution in [3.05, 3.63) is 36.8 Å². The third-order valence-corrected chi connectivity index (χ3v) is 5.96. The van der Waals surface area contributed by atoms with Crippen molar-refractivity contribution in [2.75, 3.05) is 31.7 Å². The molecular weight excluding hydrogens is 367 g/mol. The molecule has 0 aliphatic carbocycles. The fourth-order valence-corrected chi connectivity index (χ4v) is 4.24. The number of H-pyrrole nitrogens is 1. The van der Waals surface area contributed by atoms with Crippen LogP contribution in [0.3, 0.4) is 0 Å². The van der Waals surface area contributed by atoms with Gasteiger partial charge in [-0.1, -0.05) is 12.1 Å². The van der Waals surface area contributed by atoms with E-state index in [1.54, 1.807) is 13.8 Å². The first kappa shape index (κ1) is 19.4. The molecule has 2 aromatic heterocycles. The van der Waals surface area contributed by atoms with Crippen LogP contribution >= 0.6 is 7.60 Å². The average molecular weight is 390 g/mol. The van der Waals surface area contributed by atoms with Gasteiger partial charge in [-0.25, -0.2) is 9.97 Å². The standard InChI is InChI=1S/C18H23N4O4P/c1-3-25-27(23,26-4-2)9-8-24-14-7-5-6-13(10-14)15-11-20-18-16(15)17(19)21-12-22-18/h5-7,10-12H,3-4,8-9H2,1-2H3,(H3,19,20,21,22). The van der Waals surface area contributed by atoms with Crippen LogP contribution in [-0.2, 0) is 13.6 Å². The topological polar surface area (TPSA) is 112 Å². The average Bonchev–Trinajstić information content (AvgIpc) is 3.08. The Hall–Kier alpha value is -2.41. The van der Waals surface area contributed by atoms with E-state index in [-0.39, 0.29) is 12.8 Å². The number of rotatable bonds is 9. The van der Waals surface area contributed by atoms with Crippen LogP contribution in [0.2, 0.25) is 0 Å². The lowest BCUT2D eigenvalue weighted by molar-refractivity contribution is 0.213. The van der Waals surface area contributed by atoms with E-state index in [1.165, 1.54) is 6.33 Å². The highest BCUT2D eigenvalue weighted by Gasteiger charge is 2.23. The summed E-state index contributed by atoms with van der Waals surface area (Å²) in [6.07, 6.45) is 3.45. The second kappa shape index (κ2) is 8.52. The number of nitrogens with two attached hydrogens (primary N) is 1. The Labute approximate surface area is 157 Å². The molecule has 0 amide bonds. The summed E-state index contributed by atoms with van der Waals surface area (Å²) in [6, 6.07) is 7.56. The number of nitrogen functional groups attached to an aromatic ring is 1. The van der Waals surface area contributed by atoms with E-state index in [4.69, 9.17) is 19.5 Å². The maximum atomic E-state index is 12.5. The van der Waals surface area contributed by atoms with Gasteiger partial charge in [-0.15, -0.1) is 0 Å². The Morgan fingerprint density at radius 1 is 1.19 bits per heavy atom. The summed E-state index contributed by atoms with van der Waals surface area (Å²) in [4.78, 5) is 11.3. The number of hydrogen-bond donors (Lipinski definition) is 2. The zero-order chi connectivity index (χ0) is 19.3. The predicted octanol–water partition coefficient (Wildman–Crippen LogP) is 3.85. The summed E-state index contributed by atoms with van der Waals surface area (Å²) in [6.45, 7) is 4.45. The quantitative estimate of drug-likeness (QED) is 0.534. The van der Waals surface area contributed by atoms with Crippen LogP contribution in [0, 0.1) is 0 Å². The van der Waals surface area contributed by atoms with Crippen molar-refractivity contribution in [1.29, 1.82) is 0 Å². The molecule has 0 atom stereocenters. The lowest BCUT2D eigenvalue weighted by atomic mass is 10.1. The van der Waals surface area contributed by atoms with E-state index < -0.39 is 7.60 Å². The van der Waals surface area contributed by atoms with Crippen molar-refractivity contribution in [2.24, 2.45) is 0 Å². The second-order valence-electron chi connectivity index (χ2n) is 5.73. The number of aromatic nitrogens is 3. The summed E-state index contributed by atoms with van der Waals surface area (Å²) < 4.78 is 28.8. The van der Waals surface area contributed by atoms with Crippen molar-refractivity contribution in [1.82, 2.24) is 15.0 Å². The van der Waals surface area contributed by atoms with Crippen molar-refractivity contribution in [2.45, 2.75) is 13.8 Å². The van der Waals surface area contributed by atoms with Gasteiger partial charge in [0.2, 0.25) is 0 Å². The van der Waals surface area contributed by atoms with Gasteiger partial charge < -0.3 is 24.5 Å². The van der Waals surface area contributed by atoms with Crippen LogP contribution in [0.1, 0.15) is 13.8 Å². The molecule has 3 rings (SSSR count). The molecule has 0 spiro atoms. The van der Waals surface area contributed by atoms with Crippen LogP contribution in [-0.4, -0.2) is 40.9 Å². The molecule has 0 aliphatic heterocycles. The summed E-state index contributed by atoms with van der Waals surface area (Å²) in [5.41, 5.74) is 8.49. The Morgan fingerprint density at radius 3 is 2.70 bits per heavy atom. The molecule has 0 unspecified atom stereocenters. The first-order valence-corrected chi connectivity index (χ1v) is 10.5. The van der Waals surface area contributed by atoms with Gasteiger partial charge in [-0.05, 0) is 31.5 Å². The monoisotopic (exact) mass is 390 g/mol. The molecule has 0 aliphatic rings. The van der Waals surface area contributed by atoms with E-state index >= 15 is 0 Å². The summed E-state index contributed by atoms with van der Waals surface area (Å²) in [5, 5.41) is 0.770. The third-order valence-electron chi connectivity index (χ3n) is 3.93. The summed E-state index contributed by atoms with van der Waals surface area (Å²) >= 11 is 0. The molecule has 27 heavy (non-hydrogen) atoms. The van der Waals surface area contributed by atoms with Gasteiger partial charge in [0.1, 0.15) is 23.5 Å². The molecule has 0 fully saturated rings. The maximum Gasteiger partial charge on any atom is 0.334 e. The largest absolute Gasteiger partial charge is 0.493 e. The lowest BCUT2D eigenvalue weighted by Crippen LogP contribution is -2.08. The number of aromatic amines is 1. The van der Waals surface area contributed by atoms with Crippen LogP contribution in [0.4, 0.5) is 5.82 Å². The molecular formula is C18H23N4O4P. The molecule has 3 N–H and O–H groups in total. The SMILES string of the molecule is CCOP(=O)(CCOc1cccc(-c2c[nH]c3ncnc(N)c23)c1)OCC. The number of nitrogens with zero attached hydrogens (tertiary/aromatic N) is 2. The van der Waals surface area contributed by atoms with Crippen molar-refractivity contribution >= 4 is 24.4 Å². The van der Waals surface area contributed by atoms with E-state index in [0.29, 0.717) is 30.4 Å². The zero-order valence-electron chi connectivity index (χ0n) is 15.3. The van der Waals surface area contributed by atoms with Gasteiger partial charge >= 0.3 is 7.60 Å². The lowest BCUT2D eigenvalue weighted by Gasteiger charge is -2.17. The number of fused-ring (bicyclic) bond motifs is 1. The number of ether oxygens (including phenoxy) is 1. The van der Waals surface area contributed by atoms with Gasteiger partial charge in [0.05, 0.1) is 31.4 Å². The Bertz CT molecular complexity index is 949. The first-order valence-electron chi connectivity index (χ1n) is 8.75. The molecule has 3 aromatic rings. The summed E-state index contributed by atoms with van der Waals surface area (Å²) in [7, 11) is -3.12. The van der Waals surface area contributed by atoms with Crippen molar-refractivity contribution in [3.8, 4) is 16.9 Å². The van der Waals surface area contributed by atoms with Crippen LogP contribution in [0.25, 0.3) is 22.2 Å². The molecule has 0 bridgehead atoms. The highest BCUT2D eigenvalue weighted by atomic mass is 31.2. The van der Waals surface area contributed by atoms with Crippen LogP contribution < -0.4 is 10.5 Å². The predicted molar refractivity (Wildman–Crippen MR) is 105 cm³/mol. The fraction of sp³-hybridized carbons (Fsp3) is 0.333. The Kier molecular flexibility index (Phi) is 6.11. The Morgan fingerprint density at radius 2 is 1.96 bits per heavy atom. The molecule has 0 saturated heterocycles. The van der Waals surface area contributed by atoms with Crippen LogP contribution in [0.15, 0.2) is 36.8 Å². The Balaban J connectivity index is 1.75. The van der Waals surface area contributed by atoms with Gasteiger partial charge in [-0.2, -0.15) is 0 Å². The van der Waals surface area contributed by atoms with E-state index in [2.05, 4.69) is 15.0 Å². The third kappa shape index (κ3) is 4.47. The van der Waals surface area contributed by atoms with Crippen LogP contribution in [0.5, 0.6) is 5.75 Å². The summed E-state index contributed by atoms with van der Waals surface area (Å²) in [5.74, 6) is 1.06. The minimum Gasteiger partial charge on any atom is -0.493 e. The highest BCUT2D eigenvalue weighted by molar-refractivity contribution is 7.53. The van der Waals surface area contributed by atoms with E-state index in [1.807, 2.05) is 30.5 Å². The molecule has 0 radical (unpaired) electrons.